The third kappa shape index (κ3) is 2.08. The summed E-state index contributed by atoms with van der Waals surface area (Å²) in [6, 6.07) is 4.61. The zero-order valence-corrected chi connectivity index (χ0v) is 8.41. The summed E-state index contributed by atoms with van der Waals surface area (Å²) in [5, 5.41) is 8.89. The van der Waals surface area contributed by atoms with Gasteiger partial charge in [0, 0.05) is 12.0 Å². The van der Waals surface area contributed by atoms with Gasteiger partial charge in [-0.15, -0.1) is 0 Å². The minimum atomic E-state index is -1.04. The van der Waals surface area contributed by atoms with E-state index in [2.05, 4.69) is 0 Å². The van der Waals surface area contributed by atoms with Crippen molar-refractivity contribution in [2.24, 2.45) is 5.92 Å². The Kier molecular flexibility index (Phi) is 2.69. The number of benzene rings is 1. The van der Waals surface area contributed by atoms with Crippen LogP contribution in [0.5, 0.6) is 0 Å². The second-order valence-corrected chi connectivity index (χ2v) is 3.94. The lowest BCUT2D eigenvalue weighted by atomic mass is 9.93. The molecule has 0 N–H and O–H groups in total. The van der Waals surface area contributed by atoms with Crippen molar-refractivity contribution < 1.29 is 13.6 Å². The maximum absolute atomic E-state index is 12.9. The molecule has 1 atom stereocenters. The van der Waals surface area contributed by atoms with Crippen molar-refractivity contribution in [1.82, 2.24) is 0 Å². The largest absolute Gasteiger partial charge is 0.298 e. The molecular weight excluding hydrogens is 212 g/mol. The molecule has 2 nitrogen and oxygen atoms in total. The predicted molar refractivity (Wildman–Crippen MR) is 52.4 cm³/mol. The molecule has 2 rings (SSSR count). The molecule has 1 unspecified atom stereocenters. The minimum absolute atomic E-state index is 0.101. The van der Waals surface area contributed by atoms with Crippen LogP contribution in [0.4, 0.5) is 8.78 Å². The zero-order valence-electron chi connectivity index (χ0n) is 8.41. The molecule has 0 heterocycles. The van der Waals surface area contributed by atoms with Crippen molar-refractivity contribution in [2.45, 2.75) is 18.8 Å². The number of ketones is 1. The highest BCUT2D eigenvalue weighted by atomic mass is 19.1. The highest BCUT2D eigenvalue weighted by Crippen LogP contribution is 2.35. The Morgan fingerprint density at radius 1 is 1.31 bits per heavy atom. The van der Waals surface area contributed by atoms with E-state index < -0.39 is 17.6 Å². The third-order valence-corrected chi connectivity index (χ3v) is 2.61. The lowest BCUT2D eigenvalue weighted by molar-refractivity contribution is -0.120. The number of nitrogens with zero attached hydrogens (tertiary/aromatic N) is 1. The van der Waals surface area contributed by atoms with Crippen LogP contribution in [0.2, 0.25) is 0 Å². The van der Waals surface area contributed by atoms with E-state index in [9.17, 15) is 13.6 Å². The molecule has 1 aliphatic rings. The summed E-state index contributed by atoms with van der Waals surface area (Å²) in [7, 11) is 0. The normalized spacial score (nSPS) is 16.6. The van der Waals surface area contributed by atoms with Crippen molar-refractivity contribution in [1.29, 1.82) is 5.26 Å². The maximum Gasteiger partial charge on any atom is 0.157 e. The molecule has 1 aromatic carbocycles. The fourth-order valence-electron chi connectivity index (χ4n) is 1.65. The minimum Gasteiger partial charge on any atom is -0.298 e. The molecule has 4 heteroatoms. The average Bonchev–Trinajstić information content (AvgIpc) is 2.99. The van der Waals surface area contributed by atoms with E-state index in [0.717, 1.165) is 31.0 Å². The van der Waals surface area contributed by atoms with Gasteiger partial charge in [-0.3, -0.25) is 4.79 Å². The van der Waals surface area contributed by atoms with Gasteiger partial charge < -0.3 is 0 Å². The third-order valence-electron chi connectivity index (χ3n) is 2.61. The zero-order chi connectivity index (χ0) is 11.7. The summed E-state index contributed by atoms with van der Waals surface area (Å²) in [6.45, 7) is 0. The number of hydrogen-bond acceptors (Lipinski definition) is 2. The van der Waals surface area contributed by atoms with E-state index in [1.807, 2.05) is 6.07 Å². The molecule has 1 fully saturated rings. The molecule has 0 aromatic heterocycles. The molecule has 0 aliphatic heterocycles. The summed E-state index contributed by atoms with van der Waals surface area (Å²) in [4.78, 5) is 11.7. The van der Waals surface area contributed by atoms with Gasteiger partial charge in [0.1, 0.15) is 17.6 Å². The summed E-state index contributed by atoms with van der Waals surface area (Å²) in [5.41, 5.74) is 0.108. The van der Waals surface area contributed by atoms with Crippen LogP contribution in [0.1, 0.15) is 24.3 Å². The van der Waals surface area contributed by atoms with Crippen LogP contribution < -0.4 is 0 Å². The van der Waals surface area contributed by atoms with E-state index in [0.29, 0.717) is 0 Å². The van der Waals surface area contributed by atoms with Crippen LogP contribution in [0.15, 0.2) is 18.2 Å². The SMILES string of the molecule is N#CC(C(=O)C1CC1)c1cc(F)cc(F)c1. The molecule has 0 bridgehead atoms. The lowest BCUT2D eigenvalue weighted by Gasteiger charge is -2.07. The fourth-order valence-corrected chi connectivity index (χ4v) is 1.65. The smallest absolute Gasteiger partial charge is 0.157 e. The second-order valence-electron chi connectivity index (χ2n) is 3.94. The van der Waals surface area contributed by atoms with E-state index in [1.54, 1.807) is 0 Å². The summed E-state index contributed by atoms with van der Waals surface area (Å²) in [5.74, 6) is -2.90. The highest BCUT2D eigenvalue weighted by molar-refractivity contribution is 5.92. The Bertz CT molecular complexity index is 454. The van der Waals surface area contributed by atoms with Crippen molar-refractivity contribution in [2.75, 3.05) is 0 Å². The van der Waals surface area contributed by atoms with Crippen LogP contribution in [0.25, 0.3) is 0 Å². The van der Waals surface area contributed by atoms with Gasteiger partial charge >= 0.3 is 0 Å². The number of halogens is 2. The first-order valence-electron chi connectivity index (χ1n) is 5.01. The van der Waals surface area contributed by atoms with Gasteiger partial charge in [0.2, 0.25) is 0 Å². The van der Waals surface area contributed by atoms with Gasteiger partial charge in [-0.2, -0.15) is 5.26 Å². The van der Waals surface area contributed by atoms with Crippen molar-refractivity contribution in [3.63, 3.8) is 0 Å². The Hall–Kier alpha value is -1.76. The molecule has 1 aliphatic carbocycles. The van der Waals surface area contributed by atoms with Gasteiger partial charge in [-0.1, -0.05) is 0 Å². The highest BCUT2D eigenvalue weighted by Gasteiger charge is 2.35. The molecule has 82 valence electrons. The second kappa shape index (κ2) is 4.01. The monoisotopic (exact) mass is 221 g/mol. The quantitative estimate of drug-likeness (QED) is 0.787. The van der Waals surface area contributed by atoms with Gasteiger partial charge in [-0.05, 0) is 30.5 Å². The van der Waals surface area contributed by atoms with E-state index >= 15 is 0 Å². The molecule has 1 aromatic rings. The first kappa shape index (κ1) is 10.7. The van der Waals surface area contributed by atoms with Gasteiger partial charge in [0.25, 0.3) is 0 Å². The predicted octanol–water partition coefficient (Wildman–Crippen LogP) is 2.55. The van der Waals surface area contributed by atoms with E-state index in [-0.39, 0.29) is 17.3 Å². The first-order valence-corrected chi connectivity index (χ1v) is 5.01. The van der Waals surface area contributed by atoms with Crippen LogP contribution in [0, 0.1) is 28.9 Å². The van der Waals surface area contributed by atoms with Crippen molar-refractivity contribution >= 4 is 5.78 Å². The van der Waals surface area contributed by atoms with Gasteiger partial charge in [0.05, 0.1) is 6.07 Å². The molecule has 0 radical (unpaired) electrons. The number of rotatable bonds is 3. The van der Waals surface area contributed by atoms with Crippen LogP contribution in [0.3, 0.4) is 0 Å². The number of nitriles is 1. The van der Waals surface area contributed by atoms with Crippen LogP contribution in [-0.4, -0.2) is 5.78 Å². The molecule has 1 saturated carbocycles. The Balaban J connectivity index is 2.33. The number of carbonyl (C=O) groups is 1. The Morgan fingerprint density at radius 3 is 2.31 bits per heavy atom. The van der Waals surface area contributed by atoms with Crippen LogP contribution >= 0.6 is 0 Å². The number of hydrogen-bond donors (Lipinski definition) is 0. The Labute approximate surface area is 91.5 Å². The molecule has 16 heavy (non-hydrogen) atoms. The molecule has 0 saturated heterocycles. The van der Waals surface area contributed by atoms with Crippen LogP contribution in [-0.2, 0) is 4.79 Å². The lowest BCUT2D eigenvalue weighted by Crippen LogP contribution is -2.13. The molecular formula is C12H9F2NO. The van der Waals surface area contributed by atoms with Crippen molar-refractivity contribution in [3.8, 4) is 6.07 Å². The summed E-state index contributed by atoms with van der Waals surface area (Å²) >= 11 is 0. The van der Waals surface area contributed by atoms with E-state index in [4.69, 9.17) is 5.26 Å². The summed E-state index contributed by atoms with van der Waals surface area (Å²) < 4.78 is 25.9. The molecule has 0 spiro atoms. The number of Topliss-reactive ketones (excluding diaryl/α,β-unsaturated/α-hetero) is 1. The average molecular weight is 221 g/mol. The topological polar surface area (TPSA) is 40.9 Å². The van der Waals surface area contributed by atoms with Crippen molar-refractivity contribution in [3.05, 3.63) is 35.4 Å². The summed E-state index contributed by atoms with van der Waals surface area (Å²) in [6.07, 6.45) is 1.55. The first-order chi connectivity index (χ1) is 7.61. The maximum atomic E-state index is 12.9. The van der Waals surface area contributed by atoms with Gasteiger partial charge in [0.15, 0.2) is 5.78 Å². The van der Waals surface area contributed by atoms with E-state index in [1.165, 1.54) is 0 Å². The van der Waals surface area contributed by atoms with Gasteiger partial charge in [-0.25, -0.2) is 8.78 Å². The standard InChI is InChI=1S/C12H9F2NO/c13-9-3-8(4-10(14)5-9)11(6-15)12(16)7-1-2-7/h3-5,7,11H,1-2H2. The Morgan fingerprint density at radius 2 is 1.88 bits per heavy atom. The molecule has 0 amide bonds. The fraction of sp³-hybridized carbons (Fsp3) is 0.333. The number of carbonyl (C=O) groups excluding carboxylic acids is 1.